The Kier molecular flexibility index (Phi) is 3.25. The molecule has 0 saturated carbocycles. The number of nitrogens with zero attached hydrogens (tertiary/aromatic N) is 4. The van der Waals surface area contributed by atoms with E-state index in [0.717, 1.165) is 47.9 Å². The zero-order valence-electron chi connectivity index (χ0n) is 12.7. The van der Waals surface area contributed by atoms with E-state index in [1.807, 2.05) is 0 Å². The van der Waals surface area contributed by atoms with Gasteiger partial charge in [-0.1, -0.05) is 19.1 Å². The molecule has 5 heteroatoms. The Labute approximate surface area is 129 Å². The van der Waals surface area contributed by atoms with Crippen molar-refractivity contribution in [1.29, 1.82) is 0 Å². The van der Waals surface area contributed by atoms with Gasteiger partial charge in [-0.05, 0) is 37.0 Å². The predicted octanol–water partition coefficient (Wildman–Crippen LogP) is 3.47. The minimum Gasteiger partial charge on any atom is -0.338 e. The maximum absolute atomic E-state index is 4.77. The third kappa shape index (κ3) is 2.22. The molecule has 5 nitrogen and oxygen atoms in total. The zero-order valence-corrected chi connectivity index (χ0v) is 12.7. The van der Waals surface area contributed by atoms with Gasteiger partial charge < -0.3 is 9.88 Å². The van der Waals surface area contributed by atoms with Crippen LogP contribution in [0.4, 0.5) is 11.5 Å². The van der Waals surface area contributed by atoms with Crippen LogP contribution in [0.15, 0.2) is 30.6 Å². The summed E-state index contributed by atoms with van der Waals surface area (Å²) in [5.74, 6) is 1.92. The van der Waals surface area contributed by atoms with Gasteiger partial charge in [0.25, 0.3) is 0 Å². The van der Waals surface area contributed by atoms with Gasteiger partial charge in [-0.15, -0.1) is 0 Å². The lowest BCUT2D eigenvalue weighted by molar-refractivity contribution is 0.530. The number of nitrogens with one attached hydrogen (secondary N) is 1. The van der Waals surface area contributed by atoms with E-state index in [9.17, 15) is 0 Å². The molecule has 3 heterocycles. The molecule has 0 saturated heterocycles. The highest BCUT2D eigenvalue weighted by atomic mass is 15.2. The second-order valence-electron chi connectivity index (χ2n) is 5.71. The molecule has 0 amide bonds. The summed E-state index contributed by atoms with van der Waals surface area (Å²) >= 11 is 0. The molecule has 0 unspecified atom stereocenters. The van der Waals surface area contributed by atoms with E-state index in [1.165, 1.54) is 18.4 Å². The molecule has 0 radical (unpaired) electrons. The average molecular weight is 293 g/mol. The molecule has 112 valence electrons. The molecular weight excluding hydrogens is 274 g/mol. The minimum atomic E-state index is 0.792. The lowest BCUT2D eigenvalue weighted by Gasteiger charge is -2.13. The first-order valence-electron chi connectivity index (χ1n) is 7.91. The summed E-state index contributed by atoms with van der Waals surface area (Å²) in [5, 5.41) is 3.40. The summed E-state index contributed by atoms with van der Waals surface area (Å²) < 4.78 is 2.23. The first kappa shape index (κ1) is 13.2. The largest absolute Gasteiger partial charge is 0.338 e. The molecule has 0 bridgehead atoms. The van der Waals surface area contributed by atoms with Crippen molar-refractivity contribution >= 4 is 22.7 Å². The van der Waals surface area contributed by atoms with Gasteiger partial charge in [0, 0.05) is 18.7 Å². The highest BCUT2D eigenvalue weighted by Crippen LogP contribution is 2.26. The maximum atomic E-state index is 4.77. The quantitative estimate of drug-likeness (QED) is 0.803. The second kappa shape index (κ2) is 5.40. The fourth-order valence-corrected chi connectivity index (χ4v) is 3.06. The topological polar surface area (TPSA) is 55.6 Å². The van der Waals surface area contributed by atoms with Gasteiger partial charge in [0.2, 0.25) is 0 Å². The van der Waals surface area contributed by atoms with Crippen LogP contribution in [-0.2, 0) is 19.4 Å². The number of fused-ring (bicyclic) bond motifs is 3. The Morgan fingerprint density at radius 3 is 3.09 bits per heavy atom. The van der Waals surface area contributed by atoms with E-state index in [0.29, 0.717) is 0 Å². The van der Waals surface area contributed by atoms with Gasteiger partial charge in [0.05, 0.1) is 0 Å². The number of aryl methyl sites for hydroxylation is 3. The van der Waals surface area contributed by atoms with Crippen LogP contribution >= 0.6 is 0 Å². The molecule has 22 heavy (non-hydrogen) atoms. The smallest absolute Gasteiger partial charge is 0.165 e. The van der Waals surface area contributed by atoms with E-state index in [-0.39, 0.29) is 0 Å². The summed E-state index contributed by atoms with van der Waals surface area (Å²) in [6, 6.07) is 8.42. The van der Waals surface area contributed by atoms with Gasteiger partial charge in [-0.3, -0.25) is 0 Å². The van der Waals surface area contributed by atoms with Crippen molar-refractivity contribution in [2.75, 3.05) is 5.32 Å². The van der Waals surface area contributed by atoms with E-state index < -0.39 is 0 Å². The van der Waals surface area contributed by atoms with Crippen LogP contribution in [0.25, 0.3) is 11.2 Å². The van der Waals surface area contributed by atoms with Gasteiger partial charge in [0.1, 0.15) is 12.2 Å². The molecule has 0 aliphatic carbocycles. The Balaban J connectivity index is 1.76. The fourth-order valence-electron chi connectivity index (χ4n) is 3.06. The Morgan fingerprint density at radius 2 is 2.18 bits per heavy atom. The van der Waals surface area contributed by atoms with E-state index in [4.69, 9.17) is 4.98 Å². The van der Waals surface area contributed by atoms with Crippen molar-refractivity contribution < 1.29 is 0 Å². The van der Waals surface area contributed by atoms with Crippen molar-refractivity contribution in [3.05, 3.63) is 42.0 Å². The summed E-state index contributed by atoms with van der Waals surface area (Å²) in [4.78, 5) is 13.6. The van der Waals surface area contributed by atoms with Crippen LogP contribution in [0.5, 0.6) is 0 Å². The molecule has 4 rings (SSSR count). The molecule has 1 N–H and O–H groups in total. The zero-order chi connectivity index (χ0) is 14.9. The number of hydrogen-bond acceptors (Lipinski definition) is 4. The third-order valence-corrected chi connectivity index (χ3v) is 4.24. The first-order chi connectivity index (χ1) is 10.8. The lowest BCUT2D eigenvalue weighted by Crippen LogP contribution is -2.10. The Bertz CT molecular complexity index is 821. The number of benzene rings is 1. The van der Waals surface area contributed by atoms with Crippen molar-refractivity contribution in [3.8, 4) is 0 Å². The summed E-state index contributed by atoms with van der Waals surface area (Å²) in [6.45, 7) is 3.17. The molecule has 0 atom stereocenters. The summed E-state index contributed by atoms with van der Waals surface area (Å²) in [5.41, 5.74) is 4.17. The second-order valence-corrected chi connectivity index (χ2v) is 5.71. The van der Waals surface area contributed by atoms with Crippen molar-refractivity contribution in [1.82, 2.24) is 19.5 Å². The van der Waals surface area contributed by atoms with Gasteiger partial charge in [-0.25, -0.2) is 15.0 Å². The number of anilines is 2. The standard InChI is InChI=1S/C17H19N5/c1-2-12-6-5-7-13(10-12)20-16-15-17(19-11-18-16)22-9-4-3-8-14(22)21-15/h5-7,10-11H,2-4,8-9H2,1H3,(H,18,19,20). The highest BCUT2D eigenvalue weighted by molar-refractivity contribution is 5.85. The monoisotopic (exact) mass is 293 g/mol. The lowest BCUT2D eigenvalue weighted by atomic mass is 10.1. The van der Waals surface area contributed by atoms with Crippen LogP contribution in [-0.4, -0.2) is 19.5 Å². The normalized spacial score (nSPS) is 14.0. The Morgan fingerprint density at radius 1 is 1.23 bits per heavy atom. The Hall–Kier alpha value is -2.43. The maximum Gasteiger partial charge on any atom is 0.165 e. The van der Waals surface area contributed by atoms with Crippen molar-refractivity contribution in [3.63, 3.8) is 0 Å². The van der Waals surface area contributed by atoms with Crippen molar-refractivity contribution in [2.24, 2.45) is 0 Å². The molecule has 3 aromatic rings. The number of rotatable bonds is 3. The van der Waals surface area contributed by atoms with Crippen LogP contribution in [0, 0.1) is 0 Å². The summed E-state index contributed by atoms with van der Waals surface area (Å²) in [6.07, 6.45) is 6.08. The minimum absolute atomic E-state index is 0.792. The van der Waals surface area contributed by atoms with Gasteiger partial charge in [0.15, 0.2) is 17.0 Å². The van der Waals surface area contributed by atoms with Crippen LogP contribution < -0.4 is 5.32 Å². The van der Waals surface area contributed by atoms with Crippen LogP contribution in [0.1, 0.15) is 31.2 Å². The molecule has 0 fully saturated rings. The van der Waals surface area contributed by atoms with Gasteiger partial charge in [-0.2, -0.15) is 0 Å². The molecule has 1 aliphatic heterocycles. The first-order valence-corrected chi connectivity index (χ1v) is 7.91. The SMILES string of the molecule is CCc1cccc(Nc2ncnc3c2nc2n3CCCC2)c1. The highest BCUT2D eigenvalue weighted by Gasteiger charge is 2.18. The van der Waals surface area contributed by atoms with E-state index >= 15 is 0 Å². The predicted molar refractivity (Wildman–Crippen MR) is 87.4 cm³/mol. The number of aromatic nitrogens is 4. The molecule has 1 aromatic carbocycles. The number of hydrogen-bond donors (Lipinski definition) is 1. The van der Waals surface area contributed by atoms with Crippen LogP contribution in [0.3, 0.4) is 0 Å². The van der Waals surface area contributed by atoms with Gasteiger partial charge >= 0.3 is 0 Å². The molecule has 1 aliphatic rings. The average Bonchev–Trinajstić information content (AvgIpc) is 2.95. The molecular formula is C17H19N5. The fraction of sp³-hybridized carbons (Fsp3) is 0.353. The van der Waals surface area contributed by atoms with E-state index in [1.54, 1.807) is 6.33 Å². The summed E-state index contributed by atoms with van der Waals surface area (Å²) in [7, 11) is 0. The third-order valence-electron chi connectivity index (χ3n) is 4.24. The van der Waals surface area contributed by atoms with Crippen molar-refractivity contribution in [2.45, 2.75) is 39.2 Å². The molecule has 2 aromatic heterocycles. The number of imidazole rings is 1. The van der Waals surface area contributed by atoms with E-state index in [2.05, 4.69) is 51.0 Å². The molecule has 0 spiro atoms. The van der Waals surface area contributed by atoms with Crippen LogP contribution in [0.2, 0.25) is 0 Å².